The van der Waals surface area contributed by atoms with Gasteiger partial charge in [-0.2, -0.15) is 5.26 Å². The van der Waals surface area contributed by atoms with Crippen molar-refractivity contribution >= 4 is 5.91 Å². The number of hydrogen-bond acceptors (Lipinski definition) is 3. The summed E-state index contributed by atoms with van der Waals surface area (Å²) in [6.45, 7) is 5.71. The quantitative estimate of drug-likeness (QED) is 0.881. The molecule has 2 N–H and O–H groups in total. The SMILES string of the molecule is CCC1(C(=O)NC(C)c2ccc(C#N)cc2)CCNC1. The Morgan fingerprint density at radius 3 is 2.70 bits per heavy atom. The maximum absolute atomic E-state index is 12.5. The number of nitriles is 1. The highest BCUT2D eigenvalue weighted by Gasteiger charge is 2.39. The van der Waals surface area contributed by atoms with Gasteiger partial charge in [0.05, 0.1) is 23.1 Å². The highest BCUT2D eigenvalue weighted by Crippen LogP contribution is 2.30. The smallest absolute Gasteiger partial charge is 0.228 e. The molecule has 1 amide bonds. The second kappa shape index (κ2) is 6.06. The van der Waals surface area contributed by atoms with Gasteiger partial charge in [-0.25, -0.2) is 0 Å². The van der Waals surface area contributed by atoms with Crippen LogP contribution in [0.3, 0.4) is 0 Å². The van der Waals surface area contributed by atoms with Gasteiger partial charge in [0.25, 0.3) is 0 Å². The van der Waals surface area contributed by atoms with E-state index in [1.165, 1.54) is 0 Å². The molecule has 1 fully saturated rings. The monoisotopic (exact) mass is 271 g/mol. The highest BCUT2D eigenvalue weighted by molar-refractivity contribution is 5.83. The summed E-state index contributed by atoms with van der Waals surface area (Å²) in [7, 11) is 0. The fourth-order valence-corrected chi connectivity index (χ4v) is 2.68. The first-order chi connectivity index (χ1) is 9.61. The summed E-state index contributed by atoms with van der Waals surface area (Å²) < 4.78 is 0. The molecule has 2 unspecified atom stereocenters. The number of benzene rings is 1. The zero-order valence-electron chi connectivity index (χ0n) is 12.1. The maximum atomic E-state index is 12.5. The summed E-state index contributed by atoms with van der Waals surface area (Å²) in [6, 6.07) is 9.42. The van der Waals surface area contributed by atoms with Gasteiger partial charge < -0.3 is 10.6 Å². The van der Waals surface area contributed by atoms with Crippen LogP contribution in [0.1, 0.15) is 43.9 Å². The maximum Gasteiger partial charge on any atom is 0.228 e. The predicted octanol–water partition coefficient (Wildman–Crippen LogP) is 2.13. The Balaban J connectivity index is 2.05. The molecule has 1 heterocycles. The van der Waals surface area contributed by atoms with Crippen LogP contribution < -0.4 is 10.6 Å². The van der Waals surface area contributed by atoms with Crippen LogP contribution in [0.2, 0.25) is 0 Å². The predicted molar refractivity (Wildman–Crippen MR) is 77.9 cm³/mol. The second-order valence-corrected chi connectivity index (χ2v) is 5.49. The minimum Gasteiger partial charge on any atom is -0.349 e. The van der Waals surface area contributed by atoms with Crippen molar-refractivity contribution in [2.75, 3.05) is 13.1 Å². The van der Waals surface area contributed by atoms with E-state index >= 15 is 0 Å². The Kier molecular flexibility index (Phi) is 4.41. The van der Waals surface area contributed by atoms with Crippen molar-refractivity contribution in [3.63, 3.8) is 0 Å². The number of rotatable bonds is 4. The summed E-state index contributed by atoms with van der Waals surface area (Å²) >= 11 is 0. The molecule has 2 atom stereocenters. The normalized spacial score (nSPS) is 23.1. The molecule has 0 aromatic heterocycles. The van der Waals surface area contributed by atoms with E-state index in [-0.39, 0.29) is 17.4 Å². The van der Waals surface area contributed by atoms with Crippen molar-refractivity contribution in [2.24, 2.45) is 5.41 Å². The van der Waals surface area contributed by atoms with Gasteiger partial charge in [0, 0.05) is 6.54 Å². The lowest BCUT2D eigenvalue weighted by Gasteiger charge is -2.27. The van der Waals surface area contributed by atoms with Crippen LogP contribution in [0.4, 0.5) is 0 Å². The van der Waals surface area contributed by atoms with Crippen molar-refractivity contribution in [3.05, 3.63) is 35.4 Å². The molecular formula is C16H21N3O. The molecule has 1 saturated heterocycles. The minimum absolute atomic E-state index is 0.0423. The van der Waals surface area contributed by atoms with Gasteiger partial charge in [0.2, 0.25) is 5.91 Å². The topological polar surface area (TPSA) is 64.9 Å². The van der Waals surface area contributed by atoms with Gasteiger partial charge in [-0.05, 0) is 44.0 Å². The van der Waals surface area contributed by atoms with E-state index in [0.29, 0.717) is 5.56 Å². The van der Waals surface area contributed by atoms with E-state index in [1.54, 1.807) is 12.1 Å². The molecule has 20 heavy (non-hydrogen) atoms. The molecule has 0 spiro atoms. The van der Waals surface area contributed by atoms with Crippen LogP contribution in [0.5, 0.6) is 0 Å². The number of amides is 1. The highest BCUT2D eigenvalue weighted by atomic mass is 16.2. The molecule has 106 valence electrons. The molecule has 0 bridgehead atoms. The van der Waals surface area contributed by atoms with Crippen LogP contribution in [0.25, 0.3) is 0 Å². The van der Waals surface area contributed by atoms with E-state index in [2.05, 4.69) is 23.6 Å². The molecule has 1 aliphatic heterocycles. The third-order valence-corrected chi connectivity index (χ3v) is 4.29. The zero-order chi connectivity index (χ0) is 14.6. The van der Waals surface area contributed by atoms with Crippen LogP contribution in [0.15, 0.2) is 24.3 Å². The van der Waals surface area contributed by atoms with Crippen LogP contribution in [-0.2, 0) is 4.79 Å². The lowest BCUT2D eigenvalue weighted by atomic mass is 9.83. The first-order valence-corrected chi connectivity index (χ1v) is 7.13. The summed E-state index contributed by atoms with van der Waals surface area (Å²) in [5, 5.41) is 15.2. The van der Waals surface area contributed by atoms with Gasteiger partial charge >= 0.3 is 0 Å². The fraction of sp³-hybridized carbons (Fsp3) is 0.500. The molecule has 4 heteroatoms. The molecule has 1 aromatic carbocycles. The number of nitrogens with zero attached hydrogens (tertiary/aromatic N) is 1. The van der Waals surface area contributed by atoms with Gasteiger partial charge in [0.1, 0.15) is 0 Å². The standard InChI is InChI=1S/C16H21N3O/c1-3-16(8-9-18-11-16)15(20)19-12(2)14-6-4-13(10-17)5-7-14/h4-7,12,18H,3,8-9,11H2,1-2H3,(H,19,20). The molecule has 0 aliphatic carbocycles. The van der Waals surface area contributed by atoms with Crippen molar-refractivity contribution in [2.45, 2.75) is 32.7 Å². The Morgan fingerprint density at radius 2 is 2.20 bits per heavy atom. The molecule has 2 rings (SSSR count). The average molecular weight is 271 g/mol. The Hall–Kier alpha value is -1.86. The van der Waals surface area contributed by atoms with Crippen molar-refractivity contribution < 1.29 is 4.79 Å². The van der Waals surface area contributed by atoms with Gasteiger partial charge in [0.15, 0.2) is 0 Å². The van der Waals surface area contributed by atoms with E-state index < -0.39 is 0 Å². The van der Waals surface area contributed by atoms with E-state index in [4.69, 9.17) is 5.26 Å². The molecule has 1 aliphatic rings. The fourth-order valence-electron chi connectivity index (χ4n) is 2.68. The Morgan fingerprint density at radius 1 is 1.50 bits per heavy atom. The van der Waals surface area contributed by atoms with Gasteiger partial charge in [-0.1, -0.05) is 19.1 Å². The summed E-state index contributed by atoms with van der Waals surface area (Å²) in [5.41, 5.74) is 1.40. The zero-order valence-corrected chi connectivity index (χ0v) is 12.1. The van der Waals surface area contributed by atoms with Crippen LogP contribution in [0, 0.1) is 16.7 Å². The van der Waals surface area contributed by atoms with Crippen molar-refractivity contribution in [1.82, 2.24) is 10.6 Å². The Bertz CT molecular complexity index is 510. The van der Waals surface area contributed by atoms with E-state index in [1.807, 2.05) is 19.1 Å². The molecular weight excluding hydrogens is 250 g/mol. The number of carbonyl (C=O) groups excluding carboxylic acids is 1. The third-order valence-electron chi connectivity index (χ3n) is 4.29. The molecule has 1 aromatic rings. The van der Waals surface area contributed by atoms with Gasteiger partial charge in [-0.3, -0.25) is 4.79 Å². The van der Waals surface area contributed by atoms with Crippen LogP contribution in [-0.4, -0.2) is 19.0 Å². The number of hydrogen-bond donors (Lipinski definition) is 2. The lowest BCUT2D eigenvalue weighted by Crippen LogP contribution is -2.43. The van der Waals surface area contributed by atoms with Gasteiger partial charge in [-0.15, -0.1) is 0 Å². The summed E-state index contributed by atoms with van der Waals surface area (Å²) in [4.78, 5) is 12.5. The largest absolute Gasteiger partial charge is 0.349 e. The van der Waals surface area contributed by atoms with Crippen molar-refractivity contribution in [3.8, 4) is 6.07 Å². The molecule has 0 saturated carbocycles. The second-order valence-electron chi connectivity index (χ2n) is 5.49. The average Bonchev–Trinajstić information content (AvgIpc) is 2.97. The Labute approximate surface area is 120 Å². The number of nitrogens with one attached hydrogen (secondary N) is 2. The molecule has 0 radical (unpaired) electrons. The van der Waals surface area contributed by atoms with E-state index in [9.17, 15) is 4.79 Å². The minimum atomic E-state index is -0.263. The third kappa shape index (κ3) is 2.83. The first kappa shape index (κ1) is 14.5. The lowest BCUT2D eigenvalue weighted by molar-refractivity contribution is -0.131. The summed E-state index contributed by atoms with van der Waals surface area (Å²) in [5.74, 6) is 0.127. The first-order valence-electron chi connectivity index (χ1n) is 7.13. The molecule has 4 nitrogen and oxygen atoms in total. The number of carbonyl (C=O) groups is 1. The van der Waals surface area contributed by atoms with Crippen LogP contribution >= 0.6 is 0 Å². The van der Waals surface area contributed by atoms with Crippen molar-refractivity contribution in [1.29, 1.82) is 5.26 Å². The summed E-state index contributed by atoms with van der Waals surface area (Å²) in [6.07, 6.45) is 1.75. The van der Waals surface area contributed by atoms with E-state index in [0.717, 1.165) is 31.5 Å².